The van der Waals surface area contributed by atoms with E-state index in [-0.39, 0.29) is 17.7 Å². The molecule has 0 unspecified atom stereocenters. The van der Waals surface area contributed by atoms with E-state index in [0.29, 0.717) is 6.54 Å². The average molecular weight is 450 g/mol. The monoisotopic (exact) mass is 450 g/mol. The molecule has 2 aliphatic rings. The number of hydrogen-bond acceptors (Lipinski definition) is 6. The number of hydrogen-bond donors (Lipinski definition) is 2. The normalized spacial score (nSPS) is 23.9. The van der Waals surface area contributed by atoms with Crippen molar-refractivity contribution in [1.82, 2.24) is 20.3 Å². The fourth-order valence-electron chi connectivity index (χ4n) is 3.71. The third-order valence-electron chi connectivity index (χ3n) is 5.16. The summed E-state index contributed by atoms with van der Waals surface area (Å²) in [5.74, 6) is -1.91. The maximum atomic E-state index is 11.7. The quantitative estimate of drug-likeness (QED) is 0.725. The molecule has 12 heteroatoms. The molecule has 176 valence electrons. The topological polar surface area (TPSA) is 108 Å². The highest BCUT2D eigenvalue weighted by atomic mass is 19.4. The molecule has 2 atom stereocenters. The van der Waals surface area contributed by atoms with Crippen molar-refractivity contribution in [3.8, 4) is 0 Å². The summed E-state index contributed by atoms with van der Waals surface area (Å²) in [5, 5.41) is 14.1. The average Bonchev–Trinajstić information content (AvgIpc) is 3.25. The Morgan fingerprint density at radius 2 is 2.06 bits per heavy atom. The fourth-order valence-corrected chi connectivity index (χ4v) is 3.71. The number of aliphatic carboxylic acids is 1. The molecule has 0 aliphatic carbocycles. The minimum absolute atomic E-state index is 0.0623. The zero-order chi connectivity index (χ0) is 23.2. The van der Waals surface area contributed by atoms with Crippen molar-refractivity contribution in [1.29, 1.82) is 0 Å². The van der Waals surface area contributed by atoms with Crippen LogP contribution in [0.15, 0.2) is 10.6 Å². The summed E-state index contributed by atoms with van der Waals surface area (Å²) in [6, 6.07) is 1.93. The van der Waals surface area contributed by atoms with Gasteiger partial charge in [-0.05, 0) is 32.6 Å². The van der Waals surface area contributed by atoms with E-state index in [1.807, 2.05) is 13.0 Å². The Kier molecular flexibility index (Phi) is 8.29. The van der Waals surface area contributed by atoms with E-state index in [4.69, 9.17) is 19.2 Å². The molecule has 3 rings (SSSR count). The molecular weight excluding hydrogens is 421 g/mol. The number of carbonyl (C=O) groups is 2. The van der Waals surface area contributed by atoms with Crippen LogP contribution < -0.4 is 5.32 Å². The van der Waals surface area contributed by atoms with E-state index < -0.39 is 12.1 Å². The number of halogens is 3. The molecule has 2 fully saturated rings. The Bertz CT molecular complexity index is 755. The van der Waals surface area contributed by atoms with Gasteiger partial charge in [-0.25, -0.2) is 9.59 Å². The van der Waals surface area contributed by atoms with Gasteiger partial charge in [0.05, 0.1) is 17.4 Å². The lowest BCUT2D eigenvalue weighted by atomic mass is 9.90. The summed E-state index contributed by atoms with van der Waals surface area (Å²) in [5.41, 5.74) is 0.917. The van der Waals surface area contributed by atoms with E-state index in [1.54, 1.807) is 19.0 Å². The summed E-state index contributed by atoms with van der Waals surface area (Å²) in [7, 11) is 3.50. The van der Waals surface area contributed by atoms with Crippen molar-refractivity contribution in [2.24, 2.45) is 0 Å². The van der Waals surface area contributed by atoms with Gasteiger partial charge >= 0.3 is 18.2 Å². The first-order valence-corrected chi connectivity index (χ1v) is 9.98. The molecule has 9 nitrogen and oxygen atoms in total. The first-order chi connectivity index (χ1) is 14.4. The summed E-state index contributed by atoms with van der Waals surface area (Å²) in [6.45, 7) is 5.25. The molecular formula is C19H29F3N4O5. The first kappa shape index (κ1) is 24.9. The number of carbonyl (C=O) groups excluding carboxylic acids is 1. The molecule has 0 bridgehead atoms. The zero-order valence-electron chi connectivity index (χ0n) is 17.9. The SMILES string of the molecule is Cc1cc(CN2CC[C@]3(CCC[C@H](CNC(=O)N(C)C)O3)C2)no1.O=C(O)C(F)(F)F. The van der Waals surface area contributed by atoms with Gasteiger partial charge < -0.3 is 24.6 Å². The molecule has 0 radical (unpaired) electrons. The second kappa shape index (κ2) is 10.3. The van der Waals surface area contributed by atoms with Crippen LogP contribution in [0.4, 0.5) is 18.0 Å². The Labute approximate surface area is 178 Å². The molecule has 2 aliphatic heterocycles. The molecule has 2 N–H and O–H groups in total. The minimum Gasteiger partial charge on any atom is -0.475 e. The summed E-state index contributed by atoms with van der Waals surface area (Å²) >= 11 is 0. The third-order valence-corrected chi connectivity index (χ3v) is 5.16. The standard InChI is InChI=1S/C17H28N4O3.C2HF3O2/c1-13-9-14(19-24-13)11-21-8-7-17(12-21)6-4-5-15(23-17)10-18-16(22)20(2)3;3-2(4,5)1(6)7/h9,15H,4-8,10-12H2,1-3H3,(H,18,22);(H,6,7)/t15-,17-;/m1./s1. The van der Waals surface area contributed by atoms with Gasteiger partial charge in [0, 0.05) is 46.3 Å². The number of urea groups is 1. The maximum absolute atomic E-state index is 11.7. The number of nitrogens with zero attached hydrogens (tertiary/aromatic N) is 3. The van der Waals surface area contributed by atoms with Crippen LogP contribution in [0.25, 0.3) is 0 Å². The predicted molar refractivity (Wildman–Crippen MR) is 103 cm³/mol. The molecule has 1 aromatic heterocycles. The van der Waals surface area contributed by atoms with Gasteiger partial charge in [0.15, 0.2) is 0 Å². The van der Waals surface area contributed by atoms with Gasteiger partial charge in [-0.1, -0.05) is 5.16 Å². The molecule has 1 spiro atoms. The lowest BCUT2D eigenvalue weighted by Crippen LogP contribution is -2.48. The van der Waals surface area contributed by atoms with E-state index in [0.717, 1.165) is 56.8 Å². The number of likely N-dealkylation sites (tertiary alicyclic amines) is 1. The largest absolute Gasteiger partial charge is 0.490 e. The molecule has 0 saturated carbocycles. The molecule has 3 heterocycles. The molecule has 1 aromatic rings. The number of aryl methyl sites for hydroxylation is 1. The second-order valence-corrected chi connectivity index (χ2v) is 8.09. The second-order valence-electron chi connectivity index (χ2n) is 8.09. The van der Waals surface area contributed by atoms with Crippen molar-refractivity contribution in [2.45, 2.75) is 57.0 Å². The smallest absolute Gasteiger partial charge is 0.475 e. The van der Waals surface area contributed by atoms with Gasteiger partial charge in [0.2, 0.25) is 0 Å². The highest BCUT2D eigenvalue weighted by molar-refractivity contribution is 5.73. The number of alkyl halides is 3. The fraction of sp³-hybridized carbons (Fsp3) is 0.737. The van der Waals surface area contributed by atoms with Crippen molar-refractivity contribution in [2.75, 3.05) is 33.7 Å². The number of rotatable bonds is 4. The maximum Gasteiger partial charge on any atom is 0.490 e. The number of carboxylic acid groups (broad SMARTS) is 1. The summed E-state index contributed by atoms with van der Waals surface area (Å²) in [4.78, 5) is 24.5. The van der Waals surface area contributed by atoms with Gasteiger partial charge in [0.1, 0.15) is 5.76 Å². The van der Waals surface area contributed by atoms with Crippen LogP contribution in [-0.4, -0.2) is 83.7 Å². The number of aromatic nitrogens is 1. The lowest BCUT2D eigenvalue weighted by Gasteiger charge is -2.39. The van der Waals surface area contributed by atoms with Gasteiger partial charge in [0.25, 0.3) is 0 Å². The first-order valence-electron chi connectivity index (χ1n) is 9.98. The molecule has 0 aromatic carbocycles. The van der Waals surface area contributed by atoms with Crippen molar-refractivity contribution >= 4 is 12.0 Å². The van der Waals surface area contributed by atoms with Crippen molar-refractivity contribution in [3.05, 3.63) is 17.5 Å². The Balaban J connectivity index is 0.000000423. The number of nitrogens with one attached hydrogen (secondary N) is 1. The highest BCUT2D eigenvalue weighted by Crippen LogP contribution is 2.37. The van der Waals surface area contributed by atoms with Gasteiger partial charge in [-0.15, -0.1) is 0 Å². The van der Waals surface area contributed by atoms with Crippen molar-refractivity contribution < 1.29 is 37.1 Å². The summed E-state index contributed by atoms with van der Waals surface area (Å²) < 4.78 is 43.3. The minimum atomic E-state index is -5.08. The number of amides is 2. The molecule has 2 saturated heterocycles. The third kappa shape index (κ3) is 7.69. The van der Waals surface area contributed by atoms with Crippen LogP contribution in [0, 0.1) is 6.92 Å². The van der Waals surface area contributed by atoms with Crippen LogP contribution in [0.3, 0.4) is 0 Å². The van der Waals surface area contributed by atoms with E-state index in [1.165, 1.54) is 0 Å². The Morgan fingerprint density at radius 1 is 1.39 bits per heavy atom. The van der Waals surface area contributed by atoms with E-state index in [9.17, 15) is 18.0 Å². The van der Waals surface area contributed by atoms with Gasteiger partial charge in [-0.3, -0.25) is 4.90 Å². The zero-order valence-corrected chi connectivity index (χ0v) is 17.9. The Hall–Kier alpha value is -2.34. The number of ether oxygens (including phenoxy) is 1. The predicted octanol–water partition coefficient (Wildman–Crippen LogP) is 2.40. The van der Waals surface area contributed by atoms with Crippen LogP contribution in [-0.2, 0) is 16.1 Å². The van der Waals surface area contributed by atoms with Crippen LogP contribution >= 0.6 is 0 Å². The van der Waals surface area contributed by atoms with E-state index >= 15 is 0 Å². The summed E-state index contributed by atoms with van der Waals surface area (Å²) in [6.07, 6.45) is -0.671. The van der Waals surface area contributed by atoms with Gasteiger partial charge in [-0.2, -0.15) is 13.2 Å². The number of carboxylic acids is 1. The highest BCUT2D eigenvalue weighted by Gasteiger charge is 2.43. The van der Waals surface area contributed by atoms with Crippen molar-refractivity contribution in [3.63, 3.8) is 0 Å². The molecule has 2 amide bonds. The lowest BCUT2D eigenvalue weighted by molar-refractivity contribution is -0.192. The van der Waals surface area contributed by atoms with Crippen LogP contribution in [0.5, 0.6) is 0 Å². The van der Waals surface area contributed by atoms with E-state index in [2.05, 4.69) is 15.4 Å². The van der Waals surface area contributed by atoms with Crippen LogP contribution in [0.1, 0.15) is 37.1 Å². The molecule has 31 heavy (non-hydrogen) atoms. The Morgan fingerprint density at radius 3 is 2.61 bits per heavy atom. The van der Waals surface area contributed by atoms with Crippen LogP contribution in [0.2, 0.25) is 0 Å².